The molecule has 4 fully saturated rings. The highest BCUT2D eigenvalue weighted by Gasteiger charge is 2.37. The molecule has 31 nitrogen and oxygen atoms in total. The SMILES string of the molecule is CO[C@H]1CCN(C(=O)OCc2ccccc2)C[C@@H]1CC(=O)OC(C)(C)C.CO[C@H]1CCN(C(=O)OCc2ccccc2)C[C@@H]1N.CO[C@H]1CCN(C(=O)OCc2ccccc2)C[C@@H]1Nc1ccnc(-c2cnc3ccccn23)n1.CO[C@H]1CCNC[C@@H]1Nc1ccnc(-c2cnc3ccccn23)n1.Cl.Clc1ccnc(-c2cnc3ccccn23)n1. The number of pyridine rings is 3. The summed E-state index contributed by atoms with van der Waals surface area (Å²) in [5, 5.41) is 10.7. The van der Waals surface area contributed by atoms with Crippen LogP contribution in [0.25, 0.3) is 51.5 Å². The smallest absolute Gasteiger partial charge is 0.410 e. The Bertz CT molecular complexity index is 5210. The van der Waals surface area contributed by atoms with Gasteiger partial charge in [0.1, 0.15) is 76.2 Å². The second-order valence-corrected chi connectivity index (χ2v) is 30.0. The number of nitrogens with zero attached hydrogens (tertiary/aromatic N) is 15. The van der Waals surface area contributed by atoms with Gasteiger partial charge in [0.2, 0.25) is 0 Å². The molecule has 4 aliphatic rings. The summed E-state index contributed by atoms with van der Waals surface area (Å²) in [6.45, 7) is 11.2. The molecule has 4 saturated heterocycles. The number of halogens is 2. The predicted molar refractivity (Wildman–Crippen MR) is 457 cm³/mol. The molecule has 632 valence electrons. The molecule has 0 spiro atoms. The second-order valence-electron chi connectivity index (χ2n) is 29.6. The lowest BCUT2D eigenvalue weighted by molar-refractivity contribution is -0.158. The minimum atomic E-state index is -0.525. The average molecular weight is 1680 g/mol. The first-order valence-electron chi connectivity index (χ1n) is 39.5. The molecule has 4 aliphatic heterocycles. The number of carbonyl (C=O) groups is 4. The van der Waals surface area contributed by atoms with Crippen molar-refractivity contribution in [3.8, 4) is 34.6 Å². The number of benzene rings is 3. The number of carbonyl (C=O) groups excluding carboxylic acids is 4. The van der Waals surface area contributed by atoms with Crippen molar-refractivity contribution in [2.75, 3.05) is 91.4 Å². The first kappa shape index (κ1) is 89.0. The van der Waals surface area contributed by atoms with Crippen molar-refractivity contribution in [1.29, 1.82) is 0 Å². The summed E-state index contributed by atoms with van der Waals surface area (Å²) in [5.74, 6) is 2.86. The van der Waals surface area contributed by atoms with E-state index in [1.807, 2.05) is 210 Å². The topological polar surface area (TPSA) is 343 Å². The van der Waals surface area contributed by atoms with Gasteiger partial charge < -0.3 is 74.3 Å². The van der Waals surface area contributed by atoms with Crippen molar-refractivity contribution in [3.63, 3.8) is 0 Å². The van der Waals surface area contributed by atoms with Gasteiger partial charge in [-0.15, -0.1) is 12.4 Å². The standard InChI is InChI=1S/C25H26N6O3.C20H29NO5.C17H20N6O.C14H20N2O3.C11H7ClN4.ClH/c1-33-21-11-14-30(25(32)34-17-18-7-3-2-4-8-18)16-19(21)28-22-10-12-26-24(29-22)20-15-27-23-9-5-6-13-31(20)23;1-20(2,3)26-18(22)12-16-13-21(11-10-17(16)24-4)19(23)25-14-15-8-6-5-7-9-15;1-24-14-5-7-18-10-12(14)21-15-6-8-19-17(22-15)13-11-20-16-4-2-3-9-23(13)16;1-18-13-7-8-16(9-12(13)15)14(17)19-10-11-5-3-2-4-6-11;12-9-4-5-13-11(15-9)8-7-14-10-3-1-2-6-16(8)10;/h2-10,12-13,15,19,21H,11,14,16-17H2,1H3,(H,26,28,29);5-9,16-17H,10-14H2,1-4H3;2-4,6,8-9,11-12,14,18H,5,7,10H2,1H3,(H,19,21,22);2-6,12-13H,7-10,15H2,1H3;1-7H;1H/t19-,21-;16-,17-;12-,14-;12-,13-;;/m0000../s1. The van der Waals surface area contributed by atoms with E-state index in [4.69, 9.17) is 60.2 Å². The number of imidazole rings is 3. The fraction of sp³-hybridized carbons (Fsp3) is 0.368. The van der Waals surface area contributed by atoms with E-state index in [0.717, 1.165) is 82.5 Å². The maximum atomic E-state index is 12.7. The minimum absolute atomic E-state index is 0. The number of amides is 3. The largest absolute Gasteiger partial charge is 0.460 e. The molecular formula is C87H103Cl2N19O12. The Labute approximate surface area is 708 Å². The maximum Gasteiger partial charge on any atom is 0.410 e. The van der Waals surface area contributed by atoms with E-state index in [1.165, 1.54) is 0 Å². The molecule has 0 unspecified atom stereocenters. The number of ether oxygens (including phenoxy) is 8. The van der Waals surface area contributed by atoms with Gasteiger partial charge in [0.05, 0.1) is 61.5 Å². The van der Waals surface area contributed by atoms with E-state index < -0.39 is 5.60 Å². The number of nitrogens with one attached hydrogen (secondary N) is 3. The highest BCUT2D eigenvalue weighted by Crippen LogP contribution is 2.28. The lowest BCUT2D eigenvalue weighted by Gasteiger charge is -2.37. The van der Waals surface area contributed by atoms with Crippen molar-refractivity contribution >= 4 is 76.8 Å². The number of anilines is 2. The van der Waals surface area contributed by atoms with E-state index in [9.17, 15) is 19.2 Å². The lowest BCUT2D eigenvalue weighted by atomic mass is 9.91. The number of hydrogen-bond acceptors (Lipinski definition) is 25. The van der Waals surface area contributed by atoms with Crippen LogP contribution in [0.15, 0.2) is 220 Å². The molecule has 13 heterocycles. The molecule has 3 amide bonds. The summed E-state index contributed by atoms with van der Waals surface area (Å²) in [7, 11) is 6.73. The number of esters is 1. The third kappa shape index (κ3) is 25.1. The van der Waals surface area contributed by atoms with Crippen molar-refractivity contribution in [1.82, 2.24) is 78.1 Å². The summed E-state index contributed by atoms with van der Waals surface area (Å²) in [6, 6.07) is 51.6. The number of fused-ring (bicyclic) bond motifs is 3. The Kier molecular flexibility index (Phi) is 32.8. The Balaban J connectivity index is 0.000000150. The Morgan fingerprint density at radius 1 is 0.467 bits per heavy atom. The van der Waals surface area contributed by atoms with Crippen LogP contribution in [0.5, 0.6) is 0 Å². The second kappa shape index (κ2) is 44.3. The van der Waals surface area contributed by atoms with Gasteiger partial charge in [-0.1, -0.05) is 121 Å². The van der Waals surface area contributed by atoms with Gasteiger partial charge in [0.15, 0.2) is 17.5 Å². The van der Waals surface area contributed by atoms with Crippen LogP contribution < -0.4 is 21.7 Å². The average Bonchev–Trinajstić information content (AvgIpc) is 1.71. The van der Waals surface area contributed by atoms with Crippen LogP contribution in [-0.4, -0.2) is 226 Å². The van der Waals surface area contributed by atoms with Gasteiger partial charge in [0, 0.05) is 123 Å². The van der Waals surface area contributed by atoms with Gasteiger partial charge in [-0.2, -0.15) is 0 Å². The number of likely N-dealkylation sites (tertiary alicyclic amines) is 3. The summed E-state index contributed by atoms with van der Waals surface area (Å²) in [4.78, 5) is 93.8. The van der Waals surface area contributed by atoms with Gasteiger partial charge >= 0.3 is 24.2 Å². The molecule has 9 aromatic heterocycles. The fourth-order valence-electron chi connectivity index (χ4n) is 14.2. The monoisotopic (exact) mass is 1680 g/mol. The third-order valence-corrected chi connectivity index (χ3v) is 20.4. The van der Waals surface area contributed by atoms with Gasteiger partial charge in [-0.05, 0) is 124 Å². The minimum Gasteiger partial charge on any atom is -0.460 e. The molecule has 16 rings (SSSR count). The van der Waals surface area contributed by atoms with Crippen molar-refractivity contribution in [3.05, 3.63) is 241 Å². The highest BCUT2D eigenvalue weighted by molar-refractivity contribution is 6.29. The molecule has 0 radical (unpaired) electrons. The number of piperidine rings is 4. The summed E-state index contributed by atoms with van der Waals surface area (Å²) in [6.07, 6.45) is 18.6. The van der Waals surface area contributed by atoms with Crippen molar-refractivity contribution in [2.24, 2.45) is 11.7 Å². The van der Waals surface area contributed by atoms with Crippen molar-refractivity contribution in [2.45, 2.75) is 121 Å². The van der Waals surface area contributed by atoms with E-state index >= 15 is 0 Å². The fourth-order valence-corrected chi connectivity index (χ4v) is 14.3. The Hall–Kier alpha value is -11.8. The van der Waals surface area contributed by atoms with Crippen LogP contribution in [0.2, 0.25) is 5.15 Å². The van der Waals surface area contributed by atoms with Crippen LogP contribution in [0.3, 0.4) is 0 Å². The maximum absolute atomic E-state index is 12.7. The number of hydrogen-bond donors (Lipinski definition) is 4. The molecule has 5 N–H and O–H groups in total. The molecule has 0 saturated carbocycles. The van der Waals surface area contributed by atoms with Gasteiger partial charge in [0.25, 0.3) is 0 Å². The molecule has 3 aromatic carbocycles. The summed E-state index contributed by atoms with van der Waals surface area (Å²) < 4.78 is 49.5. The number of aromatic nitrogens is 12. The zero-order valence-corrected chi connectivity index (χ0v) is 69.8. The molecular weight excluding hydrogens is 1570 g/mol. The van der Waals surface area contributed by atoms with Crippen molar-refractivity contribution < 1.29 is 57.1 Å². The Morgan fingerprint density at radius 3 is 1.29 bits per heavy atom. The molecule has 120 heavy (non-hydrogen) atoms. The molecule has 8 atom stereocenters. The normalized spacial score (nSPS) is 18.9. The third-order valence-electron chi connectivity index (χ3n) is 20.2. The lowest BCUT2D eigenvalue weighted by Crippen LogP contribution is -2.53. The van der Waals surface area contributed by atoms with Crippen LogP contribution >= 0.6 is 24.0 Å². The van der Waals surface area contributed by atoms with Crippen LogP contribution in [0.1, 0.15) is 69.6 Å². The quantitative estimate of drug-likeness (QED) is 0.0332. The molecule has 0 bridgehead atoms. The summed E-state index contributed by atoms with van der Waals surface area (Å²) >= 11 is 5.83. The number of nitrogens with two attached hydrogens (primary N) is 1. The first-order chi connectivity index (χ1) is 57.9. The van der Waals surface area contributed by atoms with E-state index in [1.54, 1.807) is 86.4 Å². The van der Waals surface area contributed by atoms with Crippen LogP contribution in [0.4, 0.5) is 26.0 Å². The van der Waals surface area contributed by atoms with E-state index in [2.05, 4.69) is 55.8 Å². The zero-order valence-electron chi connectivity index (χ0n) is 68.2. The molecule has 0 aliphatic carbocycles. The van der Waals surface area contributed by atoms with Gasteiger partial charge in [-0.25, -0.2) is 59.2 Å². The van der Waals surface area contributed by atoms with Crippen LogP contribution in [0, 0.1) is 5.92 Å². The number of methoxy groups -OCH3 is 4. The molecule has 12 aromatic rings. The number of rotatable bonds is 19. The first-order valence-corrected chi connectivity index (χ1v) is 39.9. The van der Waals surface area contributed by atoms with E-state index in [-0.39, 0.29) is 105 Å². The van der Waals surface area contributed by atoms with E-state index in [0.29, 0.717) is 87.2 Å². The van der Waals surface area contributed by atoms with Gasteiger partial charge in [-0.3, -0.25) is 18.0 Å². The molecule has 33 heteroatoms. The zero-order chi connectivity index (χ0) is 83.5. The van der Waals surface area contributed by atoms with Crippen LogP contribution in [-0.2, 0) is 62.5 Å². The predicted octanol–water partition coefficient (Wildman–Crippen LogP) is 12.8. The Morgan fingerprint density at radius 2 is 0.858 bits per heavy atom. The highest BCUT2D eigenvalue weighted by atomic mass is 35.5. The summed E-state index contributed by atoms with van der Waals surface area (Å²) in [5.41, 5.74) is 13.4.